The highest BCUT2D eigenvalue weighted by Crippen LogP contribution is 2.38. The van der Waals surface area contributed by atoms with Gasteiger partial charge in [0.15, 0.2) is 0 Å². The summed E-state index contributed by atoms with van der Waals surface area (Å²) in [7, 11) is 0. The molecule has 0 aliphatic rings. The number of amides is 2. The van der Waals surface area contributed by atoms with Crippen LogP contribution in [0.3, 0.4) is 0 Å². The predicted octanol–water partition coefficient (Wildman–Crippen LogP) is 5.54. The average molecular weight is 409 g/mol. The molecule has 0 atom stereocenters. The van der Waals surface area contributed by atoms with E-state index >= 15 is 0 Å². The lowest BCUT2D eigenvalue weighted by molar-refractivity contribution is 0.256. The highest BCUT2D eigenvalue weighted by atomic mass is 79.9. The summed E-state index contributed by atoms with van der Waals surface area (Å²) in [5, 5.41) is 10.7. The zero-order valence-electron chi connectivity index (χ0n) is 13.8. The van der Waals surface area contributed by atoms with Gasteiger partial charge in [0, 0.05) is 10.0 Å². The molecule has 0 aliphatic carbocycles. The van der Waals surface area contributed by atoms with E-state index < -0.39 is 6.03 Å². The van der Waals surface area contributed by atoms with Gasteiger partial charge in [-0.2, -0.15) is 0 Å². The molecule has 3 aromatic carbocycles. The second kappa shape index (κ2) is 7.89. The Balaban J connectivity index is 2.03. The summed E-state index contributed by atoms with van der Waals surface area (Å²) in [4.78, 5) is 13.4. The lowest BCUT2D eigenvalue weighted by Gasteiger charge is -2.23. The van der Waals surface area contributed by atoms with Crippen molar-refractivity contribution in [2.45, 2.75) is 0 Å². The zero-order chi connectivity index (χ0) is 18.5. The third kappa shape index (κ3) is 3.78. The van der Waals surface area contributed by atoms with Crippen molar-refractivity contribution in [2.75, 3.05) is 4.90 Å². The largest absolute Gasteiger partial charge is 0.505 e. The maximum Gasteiger partial charge on any atom is 0.324 e. The number of carbonyl (C=O) groups is 1. The molecule has 5 heteroatoms. The van der Waals surface area contributed by atoms with Crippen LogP contribution in [-0.4, -0.2) is 11.1 Å². The molecule has 3 rings (SSSR count). The molecule has 0 aliphatic heterocycles. The van der Waals surface area contributed by atoms with Crippen molar-refractivity contribution in [1.29, 1.82) is 0 Å². The molecule has 0 saturated carbocycles. The van der Waals surface area contributed by atoms with Crippen molar-refractivity contribution >= 4 is 45.5 Å². The van der Waals surface area contributed by atoms with E-state index in [0.29, 0.717) is 21.4 Å². The normalized spacial score (nSPS) is 10.8. The number of primary amides is 1. The number of phenols is 1. The number of nitrogens with two attached hydrogens (primary N) is 1. The van der Waals surface area contributed by atoms with Gasteiger partial charge in [-0.3, -0.25) is 4.90 Å². The molecular weight excluding hydrogens is 392 g/mol. The molecule has 4 nitrogen and oxygen atoms in total. The summed E-state index contributed by atoms with van der Waals surface area (Å²) < 4.78 is 0.698. The van der Waals surface area contributed by atoms with Gasteiger partial charge in [0.05, 0.1) is 11.4 Å². The summed E-state index contributed by atoms with van der Waals surface area (Å²) in [6.45, 7) is 0. The number of hydrogen-bond donors (Lipinski definition) is 2. The molecule has 26 heavy (non-hydrogen) atoms. The summed E-state index contributed by atoms with van der Waals surface area (Å²) in [5.74, 6) is -0.0192. The Hall–Kier alpha value is -3.05. The molecule has 3 N–H and O–H groups in total. The lowest BCUT2D eigenvalue weighted by Crippen LogP contribution is -2.31. The monoisotopic (exact) mass is 408 g/mol. The van der Waals surface area contributed by atoms with Crippen molar-refractivity contribution in [3.05, 3.63) is 88.4 Å². The van der Waals surface area contributed by atoms with E-state index in [-0.39, 0.29) is 5.75 Å². The SMILES string of the molecule is NC(=O)N(c1ccccc1Br)c1cccc(/C=C/c2ccccc2)c1O. The molecule has 0 unspecified atom stereocenters. The first-order chi connectivity index (χ1) is 12.6. The first-order valence-electron chi connectivity index (χ1n) is 7.97. The van der Waals surface area contributed by atoms with E-state index in [1.807, 2.05) is 48.5 Å². The predicted molar refractivity (Wildman–Crippen MR) is 109 cm³/mol. The minimum Gasteiger partial charge on any atom is -0.505 e. The number of phenolic OH excluding ortho intramolecular Hbond substituents is 1. The molecule has 2 amide bonds. The van der Waals surface area contributed by atoms with Gasteiger partial charge in [-0.1, -0.05) is 66.7 Å². The van der Waals surface area contributed by atoms with Gasteiger partial charge in [0.1, 0.15) is 5.75 Å². The van der Waals surface area contributed by atoms with Crippen LogP contribution in [0.5, 0.6) is 5.75 Å². The van der Waals surface area contributed by atoms with Crippen LogP contribution >= 0.6 is 15.9 Å². The van der Waals surface area contributed by atoms with E-state index in [2.05, 4.69) is 15.9 Å². The second-order valence-corrected chi connectivity index (χ2v) is 6.44. The third-order valence-corrected chi connectivity index (χ3v) is 4.53. The number of para-hydroxylation sites is 2. The number of carbonyl (C=O) groups excluding carboxylic acids is 1. The zero-order valence-corrected chi connectivity index (χ0v) is 15.4. The van der Waals surface area contributed by atoms with E-state index in [9.17, 15) is 9.90 Å². The van der Waals surface area contributed by atoms with Crippen LogP contribution < -0.4 is 10.6 Å². The topological polar surface area (TPSA) is 66.6 Å². The molecule has 0 saturated heterocycles. The Morgan fingerprint density at radius 2 is 1.54 bits per heavy atom. The minimum atomic E-state index is -0.684. The molecule has 0 radical (unpaired) electrons. The van der Waals surface area contributed by atoms with Crippen LogP contribution in [-0.2, 0) is 0 Å². The Morgan fingerprint density at radius 3 is 2.23 bits per heavy atom. The summed E-state index contributed by atoms with van der Waals surface area (Å²) in [6.07, 6.45) is 3.69. The smallest absolute Gasteiger partial charge is 0.324 e. The van der Waals surface area contributed by atoms with Crippen molar-refractivity contribution in [3.8, 4) is 5.75 Å². The number of hydrogen-bond acceptors (Lipinski definition) is 2. The van der Waals surface area contributed by atoms with Crippen LogP contribution in [0.4, 0.5) is 16.2 Å². The Bertz CT molecular complexity index is 955. The number of urea groups is 1. The molecule has 3 aromatic rings. The Morgan fingerprint density at radius 1 is 0.885 bits per heavy atom. The number of benzene rings is 3. The fourth-order valence-electron chi connectivity index (χ4n) is 2.61. The molecule has 0 spiro atoms. The fraction of sp³-hybridized carbons (Fsp3) is 0. The van der Waals surface area contributed by atoms with Crippen LogP contribution in [0.1, 0.15) is 11.1 Å². The summed E-state index contributed by atoms with van der Waals surface area (Å²) in [6, 6.07) is 21.5. The van der Waals surface area contributed by atoms with Gasteiger partial charge < -0.3 is 10.8 Å². The number of nitrogens with zero attached hydrogens (tertiary/aromatic N) is 1. The van der Waals surface area contributed by atoms with Gasteiger partial charge in [0.2, 0.25) is 0 Å². The Kier molecular flexibility index (Phi) is 5.39. The van der Waals surface area contributed by atoms with Crippen molar-refractivity contribution in [1.82, 2.24) is 0 Å². The van der Waals surface area contributed by atoms with E-state index in [1.165, 1.54) is 4.90 Å². The van der Waals surface area contributed by atoms with Crippen LogP contribution in [0.2, 0.25) is 0 Å². The molecule has 130 valence electrons. The second-order valence-electron chi connectivity index (χ2n) is 5.58. The molecule has 0 aromatic heterocycles. The Labute approximate surface area is 160 Å². The standard InChI is InChI=1S/C21H17BrN2O2/c22-17-10-4-5-11-18(17)24(21(23)26)19-12-6-9-16(20(19)25)14-13-15-7-2-1-3-8-15/h1-14,25H,(H2,23,26)/b14-13+. The quantitative estimate of drug-likeness (QED) is 0.556. The van der Waals surface area contributed by atoms with Gasteiger partial charge in [-0.05, 0) is 39.7 Å². The third-order valence-electron chi connectivity index (χ3n) is 3.86. The van der Waals surface area contributed by atoms with E-state index in [0.717, 1.165) is 5.56 Å². The highest BCUT2D eigenvalue weighted by molar-refractivity contribution is 9.10. The van der Waals surface area contributed by atoms with Crippen LogP contribution in [0.25, 0.3) is 12.2 Å². The van der Waals surface area contributed by atoms with Gasteiger partial charge in [-0.25, -0.2) is 4.79 Å². The summed E-state index contributed by atoms with van der Waals surface area (Å²) >= 11 is 3.42. The molecule has 0 fully saturated rings. The maximum absolute atomic E-state index is 12.1. The summed E-state index contributed by atoms with van der Waals surface area (Å²) in [5.41, 5.74) is 8.06. The van der Waals surface area contributed by atoms with Crippen molar-refractivity contribution < 1.29 is 9.90 Å². The van der Waals surface area contributed by atoms with E-state index in [4.69, 9.17) is 5.73 Å². The van der Waals surface area contributed by atoms with Gasteiger partial charge >= 0.3 is 6.03 Å². The van der Waals surface area contributed by atoms with Crippen LogP contribution in [0, 0.1) is 0 Å². The first kappa shape index (κ1) is 17.8. The number of aromatic hydroxyl groups is 1. The first-order valence-corrected chi connectivity index (χ1v) is 8.76. The molecular formula is C21H17BrN2O2. The van der Waals surface area contributed by atoms with Crippen molar-refractivity contribution in [3.63, 3.8) is 0 Å². The maximum atomic E-state index is 12.1. The lowest BCUT2D eigenvalue weighted by atomic mass is 10.1. The van der Waals surface area contributed by atoms with Gasteiger partial charge in [0.25, 0.3) is 0 Å². The van der Waals surface area contributed by atoms with Crippen molar-refractivity contribution in [2.24, 2.45) is 5.73 Å². The number of rotatable bonds is 4. The number of halogens is 1. The van der Waals surface area contributed by atoms with Crippen LogP contribution in [0.15, 0.2) is 77.3 Å². The van der Waals surface area contributed by atoms with Gasteiger partial charge in [-0.15, -0.1) is 0 Å². The average Bonchev–Trinajstić information content (AvgIpc) is 2.64. The minimum absolute atomic E-state index is 0.0192. The highest BCUT2D eigenvalue weighted by Gasteiger charge is 2.21. The molecule has 0 bridgehead atoms. The number of anilines is 2. The van der Waals surface area contributed by atoms with E-state index in [1.54, 1.807) is 36.4 Å². The fourth-order valence-corrected chi connectivity index (χ4v) is 3.08. The molecule has 0 heterocycles.